The molecular weight excluding hydrogens is 464 g/mol. The molecule has 1 amide bonds. The van der Waals surface area contributed by atoms with Crippen LogP contribution in [0.15, 0.2) is 77.7 Å². The fourth-order valence-electron chi connectivity index (χ4n) is 3.37. The Morgan fingerprint density at radius 1 is 1.03 bits per heavy atom. The van der Waals surface area contributed by atoms with Gasteiger partial charge in [0.2, 0.25) is 5.91 Å². The number of para-hydroxylation sites is 3. The summed E-state index contributed by atoms with van der Waals surface area (Å²) in [5.74, 6) is 0.755. The van der Waals surface area contributed by atoms with E-state index in [9.17, 15) is 13.2 Å². The number of halogens is 1. The van der Waals surface area contributed by atoms with Gasteiger partial charge in [0.25, 0.3) is 10.0 Å². The summed E-state index contributed by atoms with van der Waals surface area (Å²) in [5.41, 5.74) is 1.15. The van der Waals surface area contributed by atoms with E-state index < -0.39 is 28.6 Å². The van der Waals surface area contributed by atoms with Crippen molar-refractivity contribution < 1.29 is 22.7 Å². The van der Waals surface area contributed by atoms with Gasteiger partial charge < -0.3 is 14.8 Å². The fourth-order valence-corrected chi connectivity index (χ4v) is 5.10. The molecular formula is C24H23ClN2O5S. The molecule has 9 heteroatoms. The van der Waals surface area contributed by atoms with E-state index in [4.69, 9.17) is 21.1 Å². The van der Waals surface area contributed by atoms with Crippen LogP contribution in [0, 0.1) is 6.92 Å². The highest BCUT2D eigenvalue weighted by Gasteiger charge is 2.29. The molecule has 4 rings (SSSR count). The lowest BCUT2D eigenvalue weighted by Gasteiger charge is -2.28. The maximum absolute atomic E-state index is 13.4. The van der Waals surface area contributed by atoms with Crippen LogP contribution in [0.4, 0.5) is 5.69 Å². The third-order valence-electron chi connectivity index (χ3n) is 5.11. The molecule has 33 heavy (non-hydrogen) atoms. The molecule has 7 nitrogen and oxygen atoms in total. The Kier molecular flexibility index (Phi) is 6.76. The minimum absolute atomic E-state index is 0.0708. The van der Waals surface area contributed by atoms with Crippen LogP contribution in [0.2, 0.25) is 5.02 Å². The highest BCUT2D eigenvalue weighted by molar-refractivity contribution is 7.92. The predicted octanol–water partition coefficient (Wildman–Crippen LogP) is 3.80. The summed E-state index contributed by atoms with van der Waals surface area (Å²) in [6.07, 6.45) is -0.397. The number of fused-ring (bicyclic) bond motifs is 1. The van der Waals surface area contributed by atoms with Crippen molar-refractivity contribution >= 4 is 33.2 Å². The molecule has 1 aliphatic rings. The van der Waals surface area contributed by atoms with Gasteiger partial charge in [0.15, 0.2) is 11.5 Å². The lowest BCUT2D eigenvalue weighted by Crippen LogP contribution is -2.45. The molecule has 0 saturated heterocycles. The number of nitrogens with one attached hydrogen (secondary N) is 1. The minimum Gasteiger partial charge on any atom is -0.486 e. The van der Waals surface area contributed by atoms with Crippen molar-refractivity contribution in [1.29, 1.82) is 0 Å². The zero-order valence-electron chi connectivity index (χ0n) is 17.9. The molecule has 0 aliphatic carbocycles. The zero-order valence-corrected chi connectivity index (χ0v) is 19.5. The number of carbonyl (C=O) groups excluding carboxylic acids is 1. The molecule has 1 atom stereocenters. The molecule has 0 spiro atoms. The lowest BCUT2D eigenvalue weighted by molar-refractivity contribution is -0.120. The normalized spacial score (nSPS) is 15.0. The van der Waals surface area contributed by atoms with Gasteiger partial charge in [-0.25, -0.2) is 8.42 Å². The molecule has 1 aliphatic heterocycles. The number of benzene rings is 3. The Morgan fingerprint density at radius 3 is 2.42 bits per heavy atom. The number of sulfonamides is 1. The monoisotopic (exact) mass is 486 g/mol. The van der Waals surface area contributed by atoms with Gasteiger partial charge in [0, 0.05) is 0 Å². The number of rotatable bonds is 7. The number of anilines is 1. The second-order valence-corrected chi connectivity index (χ2v) is 9.85. The van der Waals surface area contributed by atoms with E-state index in [1.807, 2.05) is 25.1 Å². The lowest BCUT2D eigenvalue weighted by atomic mass is 10.2. The maximum atomic E-state index is 13.4. The predicted molar refractivity (Wildman–Crippen MR) is 127 cm³/mol. The molecule has 0 fully saturated rings. The molecule has 1 heterocycles. The van der Waals surface area contributed by atoms with E-state index in [1.165, 1.54) is 12.1 Å². The average Bonchev–Trinajstić information content (AvgIpc) is 2.82. The van der Waals surface area contributed by atoms with Crippen molar-refractivity contribution in [3.63, 3.8) is 0 Å². The molecule has 3 aromatic rings. The van der Waals surface area contributed by atoms with Gasteiger partial charge in [0.05, 0.1) is 22.2 Å². The van der Waals surface area contributed by atoms with E-state index in [2.05, 4.69) is 5.32 Å². The summed E-state index contributed by atoms with van der Waals surface area (Å²) in [7, 11) is -4.04. The van der Waals surface area contributed by atoms with E-state index >= 15 is 0 Å². The molecule has 0 unspecified atom stereocenters. The van der Waals surface area contributed by atoms with Crippen LogP contribution in [-0.2, 0) is 14.8 Å². The molecule has 0 bridgehead atoms. The van der Waals surface area contributed by atoms with E-state index in [0.29, 0.717) is 11.5 Å². The quantitative estimate of drug-likeness (QED) is 0.549. The summed E-state index contributed by atoms with van der Waals surface area (Å²) in [5, 5.41) is 2.97. The molecule has 0 aromatic heterocycles. The topological polar surface area (TPSA) is 84.9 Å². The van der Waals surface area contributed by atoms with E-state index in [-0.39, 0.29) is 28.8 Å². The molecule has 1 N–H and O–H groups in total. The van der Waals surface area contributed by atoms with Crippen molar-refractivity contribution in [2.75, 3.05) is 24.0 Å². The number of aryl methyl sites for hydroxylation is 1. The van der Waals surface area contributed by atoms with Crippen LogP contribution < -0.4 is 19.1 Å². The van der Waals surface area contributed by atoms with Gasteiger partial charge in [0.1, 0.15) is 19.3 Å². The first-order valence-corrected chi connectivity index (χ1v) is 12.2. The second kappa shape index (κ2) is 9.72. The summed E-state index contributed by atoms with van der Waals surface area (Å²) in [6, 6.07) is 20.2. The molecule has 0 saturated carbocycles. The first kappa shape index (κ1) is 22.9. The zero-order chi connectivity index (χ0) is 23.4. The minimum atomic E-state index is -4.04. The van der Waals surface area contributed by atoms with Crippen LogP contribution in [-0.4, -0.2) is 40.1 Å². The summed E-state index contributed by atoms with van der Waals surface area (Å²) in [4.78, 5) is 12.9. The van der Waals surface area contributed by atoms with E-state index in [1.54, 1.807) is 42.5 Å². The van der Waals surface area contributed by atoms with Crippen molar-refractivity contribution in [2.24, 2.45) is 0 Å². The highest BCUT2D eigenvalue weighted by Crippen LogP contribution is 2.31. The average molecular weight is 487 g/mol. The van der Waals surface area contributed by atoms with Crippen LogP contribution >= 0.6 is 11.6 Å². The van der Waals surface area contributed by atoms with Crippen LogP contribution in [0.3, 0.4) is 0 Å². The van der Waals surface area contributed by atoms with Gasteiger partial charge in [-0.3, -0.25) is 9.10 Å². The fraction of sp³-hybridized carbons (Fsp3) is 0.208. The van der Waals surface area contributed by atoms with Crippen molar-refractivity contribution in [3.05, 3.63) is 83.4 Å². The maximum Gasteiger partial charge on any atom is 0.264 e. The molecule has 172 valence electrons. The Bertz CT molecular complexity index is 1250. The summed E-state index contributed by atoms with van der Waals surface area (Å²) in [6.45, 7) is 1.86. The summed E-state index contributed by atoms with van der Waals surface area (Å²) >= 11 is 6.29. The van der Waals surface area contributed by atoms with Crippen molar-refractivity contribution in [2.45, 2.75) is 17.9 Å². The number of carbonyl (C=O) groups is 1. The number of amides is 1. The Hall–Kier alpha value is -3.23. The van der Waals surface area contributed by atoms with Crippen LogP contribution in [0.25, 0.3) is 0 Å². The number of nitrogens with zero attached hydrogens (tertiary/aromatic N) is 1. The first-order chi connectivity index (χ1) is 15.8. The smallest absolute Gasteiger partial charge is 0.264 e. The number of hydrogen-bond acceptors (Lipinski definition) is 5. The number of ether oxygens (including phenoxy) is 2. The molecule has 3 aromatic carbocycles. The van der Waals surface area contributed by atoms with E-state index in [0.717, 1.165) is 9.87 Å². The third-order valence-corrected chi connectivity index (χ3v) is 7.21. The van der Waals surface area contributed by atoms with Gasteiger partial charge in [-0.1, -0.05) is 53.6 Å². The van der Waals surface area contributed by atoms with Gasteiger partial charge in [-0.05, 0) is 43.3 Å². The SMILES string of the molecule is Cc1ccc(S(=O)(=O)N(CC(=O)NC[C@H]2COc3ccccc3O2)c2ccccc2Cl)cc1. The second-order valence-electron chi connectivity index (χ2n) is 7.58. The van der Waals surface area contributed by atoms with Gasteiger partial charge in [-0.15, -0.1) is 0 Å². The third kappa shape index (κ3) is 5.23. The Morgan fingerprint density at radius 2 is 1.70 bits per heavy atom. The van der Waals surface area contributed by atoms with Crippen LogP contribution in [0.1, 0.15) is 5.56 Å². The van der Waals surface area contributed by atoms with Crippen molar-refractivity contribution in [1.82, 2.24) is 5.32 Å². The van der Waals surface area contributed by atoms with Gasteiger partial charge in [-0.2, -0.15) is 0 Å². The van der Waals surface area contributed by atoms with Gasteiger partial charge >= 0.3 is 0 Å². The largest absolute Gasteiger partial charge is 0.486 e. The first-order valence-electron chi connectivity index (χ1n) is 10.3. The number of hydrogen-bond donors (Lipinski definition) is 1. The Balaban J connectivity index is 1.50. The Labute approximate surface area is 197 Å². The standard InChI is InChI=1S/C24H23ClN2O5S/c1-17-10-12-19(13-11-17)33(29,30)27(21-7-3-2-6-20(21)25)15-24(28)26-14-18-16-31-22-8-4-5-9-23(22)32-18/h2-13,18H,14-16H2,1H3,(H,26,28)/t18-/m0/s1. The van der Waals surface area contributed by atoms with Crippen LogP contribution in [0.5, 0.6) is 11.5 Å². The summed E-state index contributed by atoms with van der Waals surface area (Å²) < 4.78 is 39.4. The highest BCUT2D eigenvalue weighted by atomic mass is 35.5. The van der Waals surface area contributed by atoms with Crippen molar-refractivity contribution in [3.8, 4) is 11.5 Å². The molecule has 0 radical (unpaired) electrons.